The Balaban J connectivity index is 2.19. The fourth-order valence-electron chi connectivity index (χ4n) is 2.80. The molecule has 0 fully saturated rings. The fourth-order valence-corrected chi connectivity index (χ4v) is 2.80. The summed E-state index contributed by atoms with van der Waals surface area (Å²) in [6.07, 6.45) is 4.06. The lowest BCUT2D eigenvalue weighted by Crippen LogP contribution is -2.35. The smallest absolute Gasteiger partial charge is 0.122 e. The SMILES string of the molecule is CCC(CC)CC1(C#N)COc2ccccc2C1. The third-order valence-electron chi connectivity index (χ3n) is 4.08. The maximum absolute atomic E-state index is 9.58. The Morgan fingerprint density at radius 2 is 2.06 bits per heavy atom. The molecule has 1 aromatic carbocycles. The van der Waals surface area contributed by atoms with Gasteiger partial charge in [-0.3, -0.25) is 0 Å². The van der Waals surface area contributed by atoms with Crippen molar-refractivity contribution < 1.29 is 4.74 Å². The number of benzene rings is 1. The minimum Gasteiger partial charge on any atom is -0.492 e. The molecule has 1 heterocycles. The van der Waals surface area contributed by atoms with Crippen LogP contribution in [0.5, 0.6) is 5.75 Å². The van der Waals surface area contributed by atoms with Gasteiger partial charge in [0, 0.05) is 0 Å². The van der Waals surface area contributed by atoms with Gasteiger partial charge in [0.15, 0.2) is 0 Å². The van der Waals surface area contributed by atoms with Crippen molar-refractivity contribution in [2.75, 3.05) is 6.61 Å². The molecule has 0 amide bonds. The van der Waals surface area contributed by atoms with Gasteiger partial charge in [0.1, 0.15) is 12.4 Å². The van der Waals surface area contributed by atoms with Crippen molar-refractivity contribution >= 4 is 0 Å². The minimum absolute atomic E-state index is 0.328. The Morgan fingerprint density at radius 1 is 1.33 bits per heavy atom. The first-order valence-corrected chi connectivity index (χ1v) is 6.85. The summed E-state index contributed by atoms with van der Waals surface area (Å²) in [5.74, 6) is 1.58. The summed E-state index contributed by atoms with van der Waals surface area (Å²) in [5, 5.41) is 9.58. The number of rotatable bonds is 4. The van der Waals surface area contributed by atoms with Crippen LogP contribution >= 0.6 is 0 Å². The summed E-state index contributed by atoms with van der Waals surface area (Å²) in [7, 11) is 0. The van der Waals surface area contributed by atoms with Gasteiger partial charge < -0.3 is 4.74 Å². The molecule has 1 unspecified atom stereocenters. The van der Waals surface area contributed by atoms with E-state index >= 15 is 0 Å². The van der Waals surface area contributed by atoms with Crippen molar-refractivity contribution in [1.82, 2.24) is 0 Å². The summed E-state index contributed by atoms with van der Waals surface area (Å²) in [6.45, 7) is 4.95. The van der Waals surface area contributed by atoms with Gasteiger partial charge >= 0.3 is 0 Å². The fraction of sp³-hybridized carbons (Fsp3) is 0.562. The summed E-state index contributed by atoms with van der Waals surface area (Å²) in [4.78, 5) is 0. The molecule has 18 heavy (non-hydrogen) atoms. The van der Waals surface area contributed by atoms with Crippen LogP contribution in [-0.2, 0) is 6.42 Å². The predicted molar refractivity (Wildman–Crippen MR) is 72.4 cm³/mol. The maximum Gasteiger partial charge on any atom is 0.122 e. The summed E-state index contributed by atoms with van der Waals surface area (Å²) >= 11 is 0. The third kappa shape index (κ3) is 2.51. The van der Waals surface area contributed by atoms with E-state index in [9.17, 15) is 5.26 Å². The van der Waals surface area contributed by atoms with Gasteiger partial charge in [0.05, 0.1) is 11.5 Å². The summed E-state index contributed by atoms with van der Waals surface area (Å²) in [6, 6.07) is 10.6. The Bertz CT molecular complexity index is 445. The largest absolute Gasteiger partial charge is 0.492 e. The minimum atomic E-state index is -0.328. The highest BCUT2D eigenvalue weighted by molar-refractivity contribution is 5.37. The van der Waals surface area contributed by atoms with Crippen LogP contribution in [0, 0.1) is 22.7 Å². The van der Waals surface area contributed by atoms with E-state index in [0.717, 1.165) is 31.4 Å². The average molecular weight is 243 g/mol. The number of para-hydroxylation sites is 1. The molecule has 0 N–H and O–H groups in total. The number of nitriles is 1. The summed E-state index contributed by atoms with van der Waals surface area (Å²) in [5.41, 5.74) is 0.849. The normalized spacial score (nSPS) is 22.1. The molecule has 0 aliphatic carbocycles. The zero-order valence-corrected chi connectivity index (χ0v) is 11.3. The summed E-state index contributed by atoms with van der Waals surface area (Å²) < 4.78 is 5.80. The van der Waals surface area contributed by atoms with Crippen LogP contribution in [-0.4, -0.2) is 6.61 Å². The molecule has 2 nitrogen and oxygen atoms in total. The molecule has 0 saturated heterocycles. The first-order valence-electron chi connectivity index (χ1n) is 6.85. The number of nitrogens with zero attached hydrogens (tertiary/aromatic N) is 1. The van der Waals surface area contributed by atoms with E-state index in [0.29, 0.717) is 12.5 Å². The Hall–Kier alpha value is -1.49. The van der Waals surface area contributed by atoms with Crippen molar-refractivity contribution in [3.63, 3.8) is 0 Å². The molecule has 0 bridgehead atoms. The molecule has 1 atom stereocenters. The Morgan fingerprint density at radius 3 is 2.72 bits per heavy atom. The maximum atomic E-state index is 9.58. The van der Waals surface area contributed by atoms with Crippen LogP contribution in [0.4, 0.5) is 0 Å². The number of ether oxygens (including phenoxy) is 1. The predicted octanol–water partition coefficient (Wildman–Crippen LogP) is 3.96. The van der Waals surface area contributed by atoms with E-state index in [1.54, 1.807) is 0 Å². The van der Waals surface area contributed by atoms with Crippen molar-refractivity contribution in [3.8, 4) is 11.8 Å². The van der Waals surface area contributed by atoms with Crippen molar-refractivity contribution in [1.29, 1.82) is 5.26 Å². The monoisotopic (exact) mass is 243 g/mol. The third-order valence-corrected chi connectivity index (χ3v) is 4.08. The highest BCUT2D eigenvalue weighted by atomic mass is 16.5. The van der Waals surface area contributed by atoms with Crippen LogP contribution in [0.25, 0.3) is 0 Å². The van der Waals surface area contributed by atoms with Crippen LogP contribution in [0.1, 0.15) is 38.7 Å². The average Bonchev–Trinajstić information content (AvgIpc) is 2.44. The second kappa shape index (κ2) is 5.44. The van der Waals surface area contributed by atoms with E-state index < -0.39 is 0 Å². The van der Waals surface area contributed by atoms with E-state index in [1.807, 2.05) is 18.2 Å². The van der Waals surface area contributed by atoms with Gasteiger partial charge in [-0.2, -0.15) is 5.26 Å². The van der Waals surface area contributed by atoms with Crippen molar-refractivity contribution in [3.05, 3.63) is 29.8 Å². The quantitative estimate of drug-likeness (QED) is 0.802. The van der Waals surface area contributed by atoms with Gasteiger partial charge in [-0.15, -0.1) is 0 Å². The second-order valence-corrected chi connectivity index (χ2v) is 5.35. The topological polar surface area (TPSA) is 33.0 Å². The highest BCUT2D eigenvalue weighted by Crippen LogP contribution is 2.39. The van der Waals surface area contributed by atoms with E-state index in [2.05, 4.69) is 26.0 Å². The Labute approximate surface area is 110 Å². The first-order chi connectivity index (χ1) is 8.73. The van der Waals surface area contributed by atoms with Crippen LogP contribution in [0.2, 0.25) is 0 Å². The number of fused-ring (bicyclic) bond motifs is 1. The number of hydrogen-bond donors (Lipinski definition) is 0. The zero-order chi connectivity index (χ0) is 13.0. The second-order valence-electron chi connectivity index (χ2n) is 5.35. The van der Waals surface area contributed by atoms with Gasteiger partial charge in [0.25, 0.3) is 0 Å². The van der Waals surface area contributed by atoms with E-state index in [1.165, 1.54) is 5.56 Å². The van der Waals surface area contributed by atoms with Gasteiger partial charge in [-0.05, 0) is 30.4 Å². The van der Waals surface area contributed by atoms with Crippen LogP contribution in [0.3, 0.4) is 0 Å². The molecule has 0 spiro atoms. The number of hydrogen-bond acceptors (Lipinski definition) is 2. The molecule has 1 aliphatic rings. The lowest BCUT2D eigenvalue weighted by molar-refractivity contribution is 0.138. The molecular formula is C16H21NO. The van der Waals surface area contributed by atoms with Crippen molar-refractivity contribution in [2.45, 2.75) is 39.5 Å². The van der Waals surface area contributed by atoms with Crippen LogP contribution < -0.4 is 4.74 Å². The molecule has 0 radical (unpaired) electrons. The zero-order valence-electron chi connectivity index (χ0n) is 11.3. The molecule has 1 aliphatic heterocycles. The lowest BCUT2D eigenvalue weighted by Gasteiger charge is -2.34. The van der Waals surface area contributed by atoms with E-state index in [4.69, 9.17) is 4.74 Å². The molecular weight excluding hydrogens is 222 g/mol. The molecule has 2 heteroatoms. The van der Waals surface area contributed by atoms with Gasteiger partial charge in [-0.1, -0.05) is 44.9 Å². The van der Waals surface area contributed by atoms with E-state index in [-0.39, 0.29) is 5.41 Å². The standard InChI is InChI=1S/C16H21NO/c1-3-13(4-2)9-16(11-17)10-14-7-5-6-8-15(14)18-12-16/h5-8,13H,3-4,9-10,12H2,1-2H3. The van der Waals surface area contributed by atoms with Gasteiger partial charge in [-0.25, -0.2) is 0 Å². The first kappa shape index (κ1) is 13.0. The Kier molecular flexibility index (Phi) is 3.91. The molecule has 0 saturated carbocycles. The van der Waals surface area contributed by atoms with Gasteiger partial charge in [0.2, 0.25) is 0 Å². The lowest BCUT2D eigenvalue weighted by atomic mass is 9.74. The highest BCUT2D eigenvalue weighted by Gasteiger charge is 2.37. The van der Waals surface area contributed by atoms with Crippen LogP contribution in [0.15, 0.2) is 24.3 Å². The molecule has 96 valence electrons. The molecule has 0 aromatic heterocycles. The molecule has 1 aromatic rings. The van der Waals surface area contributed by atoms with Crippen molar-refractivity contribution in [2.24, 2.45) is 11.3 Å². The molecule has 2 rings (SSSR count).